The third kappa shape index (κ3) is 4.35. The molecule has 0 aliphatic heterocycles. The number of benzene rings is 5. The van der Waals surface area contributed by atoms with Gasteiger partial charge in [-0.1, -0.05) is 60.7 Å². The number of aromatic nitrogens is 3. The van der Waals surface area contributed by atoms with Crippen molar-refractivity contribution in [1.82, 2.24) is 19.0 Å². The van der Waals surface area contributed by atoms with Crippen molar-refractivity contribution in [3.8, 4) is 5.69 Å². The standard InChI is InChI=1S/C43H34N4O/c1-4-5-12-37(29-16-19-39-34(24-29)31-10-6-8-13-38(31)46(39)3)45(2)27-28-15-18-41-33(23-28)32-11-7-9-14-40(32)47(41)30-17-20-42-35(25-30)36-26-44-22-21-43(36)48-42/h4-26H,27H2,1-3H3/b5-4-,37-12-. The highest BCUT2D eigenvalue weighted by Crippen LogP contribution is 2.37. The second-order valence-corrected chi connectivity index (χ2v) is 12.6. The highest BCUT2D eigenvalue weighted by molar-refractivity contribution is 6.11. The number of hydrogen-bond donors (Lipinski definition) is 0. The normalized spacial score (nSPS) is 12.6. The van der Waals surface area contributed by atoms with Crippen LogP contribution in [-0.2, 0) is 13.6 Å². The minimum absolute atomic E-state index is 0.770. The molecule has 0 atom stereocenters. The lowest BCUT2D eigenvalue weighted by molar-refractivity contribution is 0.475. The molecule has 0 radical (unpaired) electrons. The van der Waals surface area contributed by atoms with E-state index in [2.05, 4.69) is 161 Å². The van der Waals surface area contributed by atoms with Crippen molar-refractivity contribution in [3.63, 3.8) is 0 Å². The zero-order valence-electron chi connectivity index (χ0n) is 27.2. The quantitative estimate of drug-likeness (QED) is 0.173. The Balaban J connectivity index is 1.12. The van der Waals surface area contributed by atoms with E-state index in [-0.39, 0.29) is 0 Å². The molecular formula is C43H34N4O. The Labute approximate surface area is 278 Å². The van der Waals surface area contributed by atoms with E-state index < -0.39 is 0 Å². The second kappa shape index (κ2) is 11.0. The summed E-state index contributed by atoms with van der Waals surface area (Å²) >= 11 is 0. The molecule has 232 valence electrons. The van der Waals surface area contributed by atoms with Gasteiger partial charge in [-0.15, -0.1) is 0 Å². The Kier molecular flexibility index (Phi) is 6.47. The number of allylic oxidation sites excluding steroid dienone is 3. The zero-order chi connectivity index (χ0) is 32.4. The fourth-order valence-electron chi connectivity index (χ4n) is 7.46. The van der Waals surface area contributed by atoms with Gasteiger partial charge in [-0.25, -0.2) is 0 Å². The van der Waals surface area contributed by atoms with Crippen LogP contribution in [0.5, 0.6) is 0 Å². The van der Waals surface area contributed by atoms with Crippen molar-refractivity contribution in [3.05, 3.63) is 151 Å². The minimum atomic E-state index is 0.770. The van der Waals surface area contributed by atoms with Crippen LogP contribution in [0.2, 0.25) is 0 Å². The van der Waals surface area contributed by atoms with E-state index in [0.717, 1.165) is 34.2 Å². The summed E-state index contributed by atoms with van der Waals surface area (Å²) in [6, 6.07) is 39.5. The summed E-state index contributed by atoms with van der Waals surface area (Å²) in [5, 5.41) is 7.14. The first kappa shape index (κ1) is 28.2. The van der Waals surface area contributed by atoms with E-state index in [1.165, 1.54) is 60.4 Å². The number of para-hydroxylation sites is 2. The highest BCUT2D eigenvalue weighted by atomic mass is 16.3. The van der Waals surface area contributed by atoms with Crippen LogP contribution in [-0.4, -0.2) is 26.1 Å². The average Bonchev–Trinajstić information content (AvgIpc) is 3.75. The highest BCUT2D eigenvalue weighted by Gasteiger charge is 2.17. The predicted molar refractivity (Wildman–Crippen MR) is 201 cm³/mol. The molecule has 5 aromatic carbocycles. The molecule has 48 heavy (non-hydrogen) atoms. The maximum atomic E-state index is 6.11. The molecule has 9 aromatic rings. The van der Waals surface area contributed by atoms with Gasteiger partial charge < -0.3 is 18.5 Å². The molecule has 0 aliphatic rings. The van der Waals surface area contributed by atoms with Gasteiger partial charge in [-0.2, -0.15) is 0 Å². The van der Waals surface area contributed by atoms with Crippen molar-refractivity contribution >= 4 is 71.2 Å². The number of hydrogen-bond acceptors (Lipinski definition) is 3. The molecule has 0 spiro atoms. The number of aryl methyl sites for hydroxylation is 1. The number of rotatable bonds is 6. The second-order valence-electron chi connectivity index (χ2n) is 12.6. The molecule has 0 aliphatic carbocycles. The van der Waals surface area contributed by atoms with Gasteiger partial charge in [-0.05, 0) is 84.8 Å². The lowest BCUT2D eigenvalue weighted by Gasteiger charge is -2.23. The van der Waals surface area contributed by atoms with Crippen LogP contribution in [0.1, 0.15) is 18.1 Å². The topological polar surface area (TPSA) is 39.1 Å². The number of furan rings is 1. The van der Waals surface area contributed by atoms with Crippen LogP contribution >= 0.6 is 0 Å². The molecule has 0 saturated carbocycles. The van der Waals surface area contributed by atoms with Gasteiger partial charge in [0.05, 0.1) is 11.0 Å². The van der Waals surface area contributed by atoms with E-state index in [1.54, 1.807) is 6.20 Å². The predicted octanol–water partition coefficient (Wildman–Crippen LogP) is 10.8. The van der Waals surface area contributed by atoms with Crippen molar-refractivity contribution in [1.29, 1.82) is 0 Å². The Morgan fingerprint density at radius 3 is 2.27 bits per heavy atom. The van der Waals surface area contributed by atoms with E-state index >= 15 is 0 Å². The van der Waals surface area contributed by atoms with Crippen LogP contribution in [0.4, 0.5) is 0 Å². The summed E-state index contributed by atoms with van der Waals surface area (Å²) in [7, 11) is 4.34. The van der Waals surface area contributed by atoms with E-state index in [4.69, 9.17) is 4.42 Å². The summed E-state index contributed by atoms with van der Waals surface area (Å²) in [6.07, 6.45) is 10.1. The van der Waals surface area contributed by atoms with E-state index in [1.807, 2.05) is 12.3 Å². The summed E-state index contributed by atoms with van der Waals surface area (Å²) in [5.41, 5.74) is 11.3. The number of fused-ring (bicyclic) bond motifs is 9. The Morgan fingerprint density at radius 2 is 1.42 bits per heavy atom. The lowest BCUT2D eigenvalue weighted by Crippen LogP contribution is -2.16. The third-order valence-electron chi connectivity index (χ3n) is 9.74. The van der Waals surface area contributed by atoms with Gasteiger partial charge in [0.2, 0.25) is 0 Å². The maximum Gasteiger partial charge on any atom is 0.138 e. The summed E-state index contributed by atoms with van der Waals surface area (Å²) in [6.45, 7) is 2.84. The van der Waals surface area contributed by atoms with Gasteiger partial charge in [0, 0.05) is 87.8 Å². The van der Waals surface area contributed by atoms with Crippen molar-refractivity contribution in [2.24, 2.45) is 7.05 Å². The molecule has 9 rings (SSSR count). The fraction of sp³-hybridized carbons (Fsp3) is 0.0930. The molecule has 0 fully saturated rings. The molecule has 0 unspecified atom stereocenters. The smallest absolute Gasteiger partial charge is 0.138 e. The van der Waals surface area contributed by atoms with Gasteiger partial charge in [0.15, 0.2) is 0 Å². The van der Waals surface area contributed by atoms with Crippen molar-refractivity contribution in [2.45, 2.75) is 13.5 Å². The molecule has 0 saturated heterocycles. The molecule has 0 bridgehead atoms. The first-order chi connectivity index (χ1) is 23.6. The van der Waals surface area contributed by atoms with Crippen LogP contribution in [0.3, 0.4) is 0 Å². The molecule has 5 nitrogen and oxygen atoms in total. The van der Waals surface area contributed by atoms with Crippen LogP contribution in [0.25, 0.3) is 76.9 Å². The number of pyridine rings is 1. The lowest BCUT2D eigenvalue weighted by atomic mass is 10.0. The van der Waals surface area contributed by atoms with Gasteiger partial charge in [0.1, 0.15) is 11.2 Å². The molecular weight excluding hydrogens is 589 g/mol. The van der Waals surface area contributed by atoms with Crippen LogP contribution < -0.4 is 0 Å². The molecule has 4 aromatic heterocycles. The monoisotopic (exact) mass is 622 g/mol. The molecule has 4 heterocycles. The Hall–Kier alpha value is -6.07. The zero-order valence-corrected chi connectivity index (χ0v) is 27.2. The SMILES string of the molecule is C/C=C\C=C(\c1ccc2c(c1)c1ccccc1n2C)N(C)Cc1ccc2c(c1)c1ccccc1n2-c1ccc2oc3ccncc3c2c1. The first-order valence-electron chi connectivity index (χ1n) is 16.4. The third-order valence-corrected chi connectivity index (χ3v) is 9.74. The Morgan fingerprint density at radius 1 is 0.708 bits per heavy atom. The minimum Gasteiger partial charge on any atom is -0.456 e. The summed E-state index contributed by atoms with van der Waals surface area (Å²) in [5.74, 6) is 0. The maximum absolute atomic E-state index is 6.11. The largest absolute Gasteiger partial charge is 0.456 e. The summed E-state index contributed by atoms with van der Waals surface area (Å²) < 4.78 is 10.8. The Bertz CT molecular complexity index is 2750. The molecule has 0 N–H and O–H groups in total. The van der Waals surface area contributed by atoms with Crippen LogP contribution in [0.15, 0.2) is 144 Å². The van der Waals surface area contributed by atoms with E-state index in [9.17, 15) is 0 Å². The number of nitrogens with zero attached hydrogens (tertiary/aromatic N) is 4. The van der Waals surface area contributed by atoms with E-state index in [0.29, 0.717) is 0 Å². The fourth-order valence-corrected chi connectivity index (χ4v) is 7.46. The average molecular weight is 623 g/mol. The van der Waals surface area contributed by atoms with Gasteiger partial charge in [-0.3, -0.25) is 4.98 Å². The summed E-state index contributed by atoms with van der Waals surface area (Å²) in [4.78, 5) is 6.72. The van der Waals surface area contributed by atoms with Gasteiger partial charge in [0.25, 0.3) is 0 Å². The van der Waals surface area contributed by atoms with Crippen LogP contribution in [0, 0.1) is 0 Å². The van der Waals surface area contributed by atoms with Crippen molar-refractivity contribution in [2.75, 3.05) is 7.05 Å². The van der Waals surface area contributed by atoms with Gasteiger partial charge >= 0.3 is 0 Å². The molecule has 0 amide bonds. The molecule has 5 heteroatoms. The van der Waals surface area contributed by atoms with Crippen molar-refractivity contribution < 1.29 is 4.42 Å². The first-order valence-corrected chi connectivity index (χ1v) is 16.4.